The van der Waals surface area contributed by atoms with Crippen molar-refractivity contribution in [3.05, 3.63) is 65.3 Å². The van der Waals surface area contributed by atoms with Gasteiger partial charge in [-0.25, -0.2) is 4.39 Å². The van der Waals surface area contributed by atoms with Gasteiger partial charge >= 0.3 is 0 Å². The average molecular weight is 373 g/mol. The highest BCUT2D eigenvalue weighted by Gasteiger charge is 2.20. The van der Waals surface area contributed by atoms with Gasteiger partial charge in [0.2, 0.25) is 11.7 Å². The molecular weight excluding hydrogens is 355 g/mol. The van der Waals surface area contributed by atoms with Gasteiger partial charge in [0.25, 0.3) is 0 Å². The Balaban J connectivity index is 1.35. The summed E-state index contributed by atoms with van der Waals surface area (Å²) in [4.78, 5) is 8.99. The summed E-state index contributed by atoms with van der Waals surface area (Å²) in [7, 11) is 0. The maximum atomic E-state index is 13.0. The van der Waals surface area contributed by atoms with Gasteiger partial charge in [0, 0.05) is 42.5 Å². The first-order chi connectivity index (χ1) is 12.7. The number of anilines is 1. The van der Waals surface area contributed by atoms with Crippen LogP contribution in [0.3, 0.4) is 0 Å². The molecule has 1 aromatic heterocycles. The SMILES string of the molecule is Fc1ccc(N2CCN(Cc3nc(-c4cccc(Cl)c4)no3)CC2)cc1. The lowest BCUT2D eigenvalue weighted by atomic mass is 10.2. The average Bonchev–Trinajstić information content (AvgIpc) is 3.12. The zero-order chi connectivity index (χ0) is 17.9. The van der Waals surface area contributed by atoms with E-state index in [0.717, 1.165) is 37.4 Å². The van der Waals surface area contributed by atoms with Gasteiger partial charge in [-0.15, -0.1) is 0 Å². The highest BCUT2D eigenvalue weighted by atomic mass is 35.5. The van der Waals surface area contributed by atoms with Crippen LogP contribution in [0, 0.1) is 5.82 Å². The number of halogens is 2. The molecule has 0 bridgehead atoms. The Morgan fingerprint density at radius 1 is 1.04 bits per heavy atom. The Kier molecular flexibility index (Phi) is 4.86. The van der Waals surface area contributed by atoms with Crippen LogP contribution in [0.15, 0.2) is 53.1 Å². The van der Waals surface area contributed by atoms with Crippen LogP contribution in [-0.4, -0.2) is 41.2 Å². The summed E-state index contributed by atoms with van der Waals surface area (Å²) in [6, 6.07) is 14.0. The summed E-state index contributed by atoms with van der Waals surface area (Å²) in [5, 5.41) is 4.69. The summed E-state index contributed by atoms with van der Waals surface area (Å²) in [6.07, 6.45) is 0. The van der Waals surface area contributed by atoms with Gasteiger partial charge in [0.15, 0.2) is 0 Å². The third kappa shape index (κ3) is 3.86. The lowest BCUT2D eigenvalue weighted by molar-refractivity contribution is 0.215. The minimum absolute atomic E-state index is 0.209. The third-order valence-electron chi connectivity index (χ3n) is 4.47. The van der Waals surface area contributed by atoms with E-state index in [4.69, 9.17) is 16.1 Å². The Morgan fingerprint density at radius 3 is 2.54 bits per heavy atom. The van der Waals surface area contributed by atoms with Crippen molar-refractivity contribution in [1.82, 2.24) is 15.0 Å². The fourth-order valence-electron chi connectivity index (χ4n) is 3.07. The molecule has 4 rings (SSSR count). The minimum Gasteiger partial charge on any atom is -0.369 e. The molecule has 1 aliphatic heterocycles. The van der Waals surface area contributed by atoms with Crippen LogP contribution in [0.2, 0.25) is 5.02 Å². The van der Waals surface area contributed by atoms with Crippen LogP contribution < -0.4 is 4.90 Å². The topological polar surface area (TPSA) is 45.4 Å². The van der Waals surface area contributed by atoms with Gasteiger partial charge in [-0.2, -0.15) is 4.98 Å². The molecule has 0 aliphatic carbocycles. The molecular formula is C19H18ClFN4O. The Morgan fingerprint density at radius 2 is 1.81 bits per heavy atom. The largest absolute Gasteiger partial charge is 0.369 e. The molecule has 0 radical (unpaired) electrons. The third-order valence-corrected chi connectivity index (χ3v) is 4.71. The van der Waals surface area contributed by atoms with Crippen molar-refractivity contribution in [2.24, 2.45) is 0 Å². The molecule has 7 heteroatoms. The first-order valence-electron chi connectivity index (χ1n) is 8.49. The Bertz CT molecular complexity index is 875. The molecule has 0 N–H and O–H groups in total. The number of piperazine rings is 1. The zero-order valence-corrected chi connectivity index (χ0v) is 14.9. The predicted molar refractivity (Wildman–Crippen MR) is 98.6 cm³/mol. The molecule has 134 valence electrons. The van der Waals surface area contributed by atoms with E-state index in [1.807, 2.05) is 36.4 Å². The number of hydrogen-bond donors (Lipinski definition) is 0. The molecule has 0 unspecified atom stereocenters. The first kappa shape index (κ1) is 17.0. The molecule has 5 nitrogen and oxygen atoms in total. The second kappa shape index (κ2) is 7.43. The summed E-state index contributed by atoms with van der Waals surface area (Å²) in [5.41, 5.74) is 1.89. The quantitative estimate of drug-likeness (QED) is 0.696. The van der Waals surface area contributed by atoms with Gasteiger partial charge in [-0.3, -0.25) is 4.90 Å². The predicted octanol–water partition coefficient (Wildman–Crippen LogP) is 3.85. The molecule has 1 fully saturated rings. The Hall–Kier alpha value is -2.44. The first-order valence-corrected chi connectivity index (χ1v) is 8.86. The number of benzene rings is 2. The lowest BCUT2D eigenvalue weighted by Gasteiger charge is -2.35. The van der Waals surface area contributed by atoms with Crippen LogP contribution in [-0.2, 0) is 6.54 Å². The number of aromatic nitrogens is 2. The maximum Gasteiger partial charge on any atom is 0.241 e. The van der Waals surface area contributed by atoms with Gasteiger partial charge < -0.3 is 9.42 Å². The summed E-state index contributed by atoms with van der Waals surface area (Å²) < 4.78 is 18.4. The second-order valence-corrected chi connectivity index (χ2v) is 6.70. The number of hydrogen-bond acceptors (Lipinski definition) is 5. The summed E-state index contributed by atoms with van der Waals surface area (Å²) in [5.74, 6) is 0.932. The van der Waals surface area contributed by atoms with Crippen LogP contribution in [0.5, 0.6) is 0 Å². The normalized spacial score (nSPS) is 15.4. The fourth-order valence-corrected chi connectivity index (χ4v) is 3.26. The summed E-state index contributed by atoms with van der Waals surface area (Å²) in [6.45, 7) is 4.13. The molecule has 3 aromatic rings. The van der Waals surface area contributed by atoms with E-state index in [0.29, 0.717) is 23.3 Å². The van der Waals surface area contributed by atoms with Crippen LogP contribution >= 0.6 is 11.6 Å². The van der Waals surface area contributed by atoms with Crippen LogP contribution in [0.1, 0.15) is 5.89 Å². The smallest absolute Gasteiger partial charge is 0.241 e. The molecule has 2 heterocycles. The van der Waals surface area contributed by atoms with Crippen LogP contribution in [0.4, 0.5) is 10.1 Å². The molecule has 0 saturated carbocycles. The lowest BCUT2D eigenvalue weighted by Crippen LogP contribution is -2.46. The Labute approximate surface area is 156 Å². The standard InChI is InChI=1S/C19H18ClFN4O/c20-15-3-1-2-14(12-15)19-22-18(26-23-19)13-24-8-10-25(11-9-24)17-6-4-16(21)5-7-17/h1-7,12H,8-11,13H2. The second-order valence-electron chi connectivity index (χ2n) is 6.26. The van der Waals surface area contributed by atoms with Crippen molar-refractivity contribution in [2.45, 2.75) is 6.54 Å². The molecule has 0 amide bonds. The van der Waals surface area contributed by atoms with E-state index in [9.17, 15) is 4.39 Å². The van der Waals surface area contributed by atoms with Crippen molar-refractivity contribution < 1.29 is 8.91 Å². The van der Waals surface area contributed by atoms with Crippen molar-refractivity contribution in [2.75, 3.05) is 31.1 Å². The fraction of sp³-hybridized carbons (Fsp3) is 0.263. The molecule has 2 aromatic carbocycles. The maximum absolute atomic E-state index is 13.0. The van der Waals surface area contributed by atoms with E-state index in [1.54, 1.807) is 0 Å². The van der Waals surface area contributed by atoms with E-state index in [1.165, 1.54) is 12.1 Å². The monoisotopic (exact) mass is 372 g/mol. The van der Waals surface area contributed by atoms with Gasteiger partial charge in [0.05, 0.1) is 6.54 Å². The molecule has 1 saturated heterocycles. The van der Waals surface area contributed by atoms with Crippen molar-refractivity contribution >= 4 is 17.3 Å². The van der Waals surface area contributed by atoms with E-state index < -0.39 is 0 Å². The van der Waals surface area contributed by atoms with E-state index in [2.05, 4.69) is 19.9 Å². The van der Waals surface area contributed by atoms with Crippen molar-refractivity contribution in [3.63, 3.8) is 0 Å². The summed E-state index contributed by atoms with van der Waals surface area (Å²) >= 11 is 6.01. The molecule has 0 spiro atoms. The van der Waals surface area contributed by atoms with E-state index in [-0.39, 0.29) is 5.82 Å². The number of nitrogens with zero attached hydrogens (tertiary/aromatic N) is 4. The zero-order valence-electron chi connectivity index (χ0n) is 14.1. The van der Waals surface area contributed by atoms with Crippen LogP contribution in [0.25, 0.3) is 11.4 Å². The van der Waals surface area contributed by atoms with Gasteiger partial charge in [-0.1, -0.05) is 28.9 Å². The van der Waals surface area contributed by atoms with E-state index >= 15 is 0 Å². The number of rotatable bonds is 4. The molecule has 1 aliphatic rings. The van der Waals surface area contributed by atoms with Crippen molar-refractivity contribution in [3.8, 4) is 11.4 Å². The molecule has 26 heavy (non-hydrogen) atoms. The molecule has 0 atom stereocenters. The highest BCUT2D eigenvalue weighted by Crippen LogP contribution is 2.21. The minimum atomic E-state index is -0.209. The highest BCUT2D eigenvalue weighted by molar-refractivity contribution is 6.30. The van der Waals surface area contributed by atoms with Gasteiger partial charge in [-0.05, 0) is 36.4 Å². The van der Waals surface area contributed by atoms with Crippen molar-refractivity contribution in [1.29, 1.82) is 0 Å². The van der Waals surface area contributed by atoms with Gasteiger partial charge in [0.1, 0.15) is 5.82 Å².